The molecular weight excluding hydrogens is 375 g/mol. The lowest BCUT2D eigenvalue weighted by Gasteiger charge is -2.10. The summed E-state index contributed by atoms with van der Waals surface area (Å²) in [5.74, 6) is 0.113. The molecule has 3 nitrogen and oxygen atoms in total. The van der Waals surface area contributed by atoms with Gasteiger partial charge in [0.25, 0.3) is 0 Å². The van der Waals surface area contributed by atoms with Crippen LogP contribution in [0.15, 0.2) is 48.5 Å². The van der Waals surface area contributed by atoms with Gasteiger partial charge in [0, 0.05) is 11.6 Å². The number of carbonyl (C=O) groups excluding carboxylic acids is 1. The molecule has 2 rings (SSSR count). The smallest absolute Gasteiger partial charge is 0.341 e. The second-order valence-electron chi connectivity index (χ2n) is 4.94. The minimum absolute atomic E-state index is 0.118. The van der Waals surface area contributed by atoms with E-state index in [0.717, 1.165) is 0 Å². The lowest BCUT2D eigenvalue weighted by atomic mass is 10.0. The molecule has 2 aromatic rings. The fourth-order valence-corrected chi connectivity index (χ4v) is 3.75. The average molecular weight is 390 g/mol. The molecule has 0 aliphatic rings. The standard InChI is InChI=1S/C16H15Cl3O3Si/c17-23(18,19)10-4-9-22-13-7-8-14(15(20)11-13)16(21)12-5-2-1-3-6-12/h1-3,5-8,11,20H,4,9-10H2. The van der Waals surface area contributed by atoms with Crippen molar-refractivity contribution in [3.63, 3.8) is 0 Å². The van der Waals surface area contributed by atoms with Crippen molar-refractivity contribution >= 4 is 45.0 Å². The minimum atomic E-state index is -2.63. The fourth-order valence-electron chi connectivity index (χ4n) is 2.00. The summed E-state index contributed by atoms with van der Waals surface area (Å²) < 4.78 is 5.50. The highest BCUT2D eigenvalue weighted by Gasteiger charge is 2.23. The van der Waals surface area contributed by atoms with Gasteiger partial charge in [0.05, 0.1) is 12.2 Å². The molecule has 0 radical (unpaired) electrons. The van der Waals surface area contributed by atoms with Crippen molar-refractivity contribution in [1.82, 2.24) is 0 Å². The number of aromatic hydroxyl groups is 1. The van der Waals surface area contributed by atoms with Crippen molar-refractivity contribution in [2.75, 3.05) is 6.61 Å². The predicted octanol–water partition coefficient (Wildman–Crippen LogP) is 5.05. The predicted molar refractivity (Wildman–Crippen MR) is 96.2 cm³/mol. The summed E-state index contributed by atoms with van der Waals surface area (Å²) in [6, 6.07) is 11.3. The third-order valence-corrected chi connectivity index (χ3v) is 5.74. The largest absolute Gasteiger partial charge is 0.507 e. The van der Waals surface area contributed by atoms with Crippen LogP contribution in [0.2, 0.25) is 6.04 Å². The van der Waals surface area contributed by atoms with E-state index in [1.165, 1.54) is 6.07 Å². The highest BCUT2D eigenvalue weighted by molar-refractivity contribution is 7.64. The zero-order chi connectivity index (χ0) is 16.9. The lowest BCUT2D eigenvalue weighted by molar-refractivity contribution is 0.103. The average Bonchev–Trinajstić information content (AvgIpc) is 2.51. The van der Waals surface area contributed by atoms with Crippen LogP contribution in [0.3, 0.4) is 0 Å². The van der Waals surface area contributed by atoms with Gasteiger partial charge >= 0.3 is 6.00 Å². The maximum atomic E-state index is 12.3. The van der Waals surface area contributed by atoms with E-state index in [0.29, 0.717) is 30.4 Å². The van der Waals surface area contributed by atoms with E-state index in [9.17, 15) is 9.90 Å². The summed E-state index contributed by atoms with van der Waals surface area (Å²) in [7, 11) is 0. The number of hydrogen-bond donors (Lipinski definition) is 1. The fraction of sp³-hybridized carbons (Fsp3) is 0.188. The molecule has 0 aliphatic carbocycles. The molecule has 0 fully saturated rings. The van der Waals surface area contributed by atoms with Crippen LogP contribution in [0.4, 0.5) is 0 Å². The number of phenols is 1. The van der Waals surface area contributed by atoms with Crippen molar-refractivity contribution in [3.05, 3.63) is 59.7 Å². The molecule has 0 aromatic heterocycles. The Labute approximate surface area is 149 Å². The number of rotatable bonds is 7. The number of halogens is 3. The summed E-state index contributed by atoms with van der Waals surface area (Å²) in [6.07, 6.45) is 0.619. The minimum Gasteiger partial charge on any atom is -0.507 e. The lowest BCUT2D eigenvalue weighted by Crippen LogP contribution is -2.10. The number of phenolic OH excluding ortho intramolecular Hbond substituents is 1. The molecule has 0 heterocycles. The Morgan fingerprint density at radius 2 is 1.78 bits per heavy atom. The molecule has 0 bridgehead atoms. The third-order valence-electron chi connectivity index (χ3n) is 3.12. The maximum Gasteiger partial charge on any atom is 0.341 e. The van der Waals surface area contributed by atoms with Gasteiger partial charge in [0.15, 0.2) is 5.78 Å². The topological polar surface area (TPSA) is 46.5 Å². The highest BCUT2D eigenvalue weighted by atomic mass is 35.8. The van der Waals surface area contributed by atoms with Crippen molar-refractivity contribution in [2.24, 2.45) is 0 Å². The first-order chi connectivity index (χ1) is 10.9. The molecule has 7 heteroatoms. The zero-order valence-electron chi connectivity index (χ0n) is 12.1. The van der Waals surface area contributed by atoms with Crippen molar-refractivity contribution < 1.29 is 14.6 Å². The molecule has 23 heavy (non-hydrogen) atoms. The number of ether oxygens (including phenoxy) is 1. The molecule has 0 spiro atoms. The van der Waals surface area contributed by atoms with Gasteiger partial charge in [-0.3, -0.25) is 4.79 Å². The van der Waals surface area contributed by atoms with Crippen LogP contribution in [0, 0.1) is 0 Å². The van der Waals surface area contributed by atoms with Crippen molar-refractivity contribution in [1.29, 1.82) is 0 Å². The van der Waals surface area contributed by atoms with Crippen LogP contribution in [-0.2, 0) is 0 Å². The van der Waals surface area contributed by atoms with Crippen molar-refractivity contribution in [3.8, 4) is 11.5 Å². The Bertz CT molecular complexity index is 672. The quantitative estimate of drug-likeness (QED) is 0.312. The summed E-state index contributed by atoms with van der Waals surface area (Å²) >= 11 is 17.4. The second-order valence-corrected chi connectivity index (χ2v) is 14.2. The van der Waals surface area contributed by atoms with E-state index in [-0.39, 0.29) is 17.1 Å². The molecule has 0 unspecified atom stereocenters. The van der Waals surface area contributed by atoms with Gasteiger partial charge in [-0.2, -0.15) is 0 Å². The number of carbonyl (C=O) groups is 1. The van der Waals surface area contributed by atoms with Crippen LogP contribution < -0.4 is 4.74 Å². The summed E-state index contributed by atoms with van der Waals surface area (Å²) in [5, 5.41) is 10.1. The van der Waals surface area contributed by atoms with Crippen molar-refractivity contribution in [2.45, 2.75) is 12.5 Å². The Hall–Kier alpha value is -1.20. The van der Waals surface area contributed by atoms with Gasteiger partial charge < -0.3 is 9.84 Å². The zero-order valence-corrected chi connectivity index (χ0v) is 15.4. The van der Waals surface area contributed by atoms with Crippen LogP contribution in [0.1, 0.15) is 22.3 Å². The van der Waals surface area contributed by atoms with Gasteiger partial charge in [-0.25, -0.2) is 0 Å². The van der Waals surface area contributed by atoms with E-state index < -0.39 is 6.00 Å². The maximum absolute atomic E-state index is 12.3. The second kappa shape index (κ2) is 8.06. The molecule has 0 aliphatic heterocycles. The molecule has 122 valence electrons. The molecule has 1 N–H and O–H groups in total. The third kappa shape index (κ3) is 5.73. The SMILES string of the molecule is O=C(c1ccccc1)c1ccc(OCCC[Si](Cl)(Cl)Cl)cc1O. The van der Waals surface area contributed by atoms with Crippen LogP contribution >= 0.6 is 33.2 Å². The molecule has 0 saturated heterocycles. The molecule has 0 amide bonds. The molecule has 0 atom stereocenters. The van der Waals surface area contributed by atoms with Gasteiger partial charge in [-0.05, 0) is 24.6 Å². The monoisotopic (exact) mass is 388 g/mol. The Morgan fingerprint density at radius 1 is 1.09 bits per heavy atom. The molecule has 2 aromatic carbocycles. The summed E-state index contributed by atoms with van der Waals surface area (Å²) in [4.78, 5) is 12.3. The Balaban J connectivity index is 1.99. The van der Waals surface area contributed by atoms with E-state index >= 15 is 0 Å². The Kier molecular flexibility index (Phi) is 6.36. The number of ketones is 1. The van der Waals surface area contributed by atoms with Crippen LogP contribution in [0.5, 0.6) is 11.5 Å². The number of benzene rings is 2. The number of hydrogen-bond acceptors (Lipinski definition) is 3. The van der Waals surface area contributed by atoms with Crippen LogP contribution in [0.25, 0.3) is 0 Å². The highest BCUT2D eigenvalue weighted by Crippen LogP contribution is 2.28. The Morgan fingerprint density at radius 3 is 2.39 bits per heavy atom. The van der Waals surface area contributed by atoms with Gasteiger partial charge in [0.1, 0.15) is 11.5 Å². The normalized spacial score (nSPS) is 11.3. The van der Waals surface area contributed by atoms with E-state index in [1.54, 1.807) is 36.4 Å². The van der Waals surface area contributed by atoms with E-state index in [4.69, 9.17) is 38.0 Å². The van der Waals surface area contributed by atoms with Gasteiger partial charge in [-0.1, -0.05) is 30.3 Å². The van der Waals surface area contributed by atoms with E-state index in [2.05, 4.69) is 0 Å². The first-order valence-electron chi connectivity index (χ1n) is 6.99. The van der Waals surface area contributed by atoms with E-state index in [1.807, 2.05) is 6.07 Å². The van der Waals surface area contributed by atoms with Gasteiger partial charge in [0.2, 0.25) is 0 Å². The first-order valence-corrected chi connectivity index (χ1v) is 12.2. The van der Waals surface area contributed by atoms with Crippen LogP contribution in [-0.4, -0.2) is 23.5 Å². The summed E-state index contributed by atoms with van der Waals surface area (Å²) in [5.41, 5.74) is 0.751. The van der Waals surface area contributed by atoms with Gasteiger partial charge in [-0.15, -0.1) is 33.2 Å². The molecular formula is C16H15Cl3O3Si. The first kappa shape index (κ1) is 18.1. The molecule has 0 saturated carbocycles. The summed E-state index contributed by atoms with van der Waals surface area (Å²) in [6.45, 7) is 0.381.